The van der Waals surface area contributed by atoms with E-state index < -0.39 is 0 Å². The van der Waals surface area contributed by atoms with Crippen LogP contribution in [0.4, 0.5) is 5.69 Å². The van der Waals surface area contributed by atoms with E-state index in [-0.39, 0.29) is 12.7 Å². The van der Waals surface area contributed by atoms with Gasteiger partial charge in [0.1, 0.15) is 0 Å². The Balaban J connectivity index is 1.87. The highest BCUT2D eigenvalue weighted by molar-refractivity contribution is 5.55. The number of aliphatic hydroxyl groups is 1. The number of nitrogens with one attached hydrogen (secondary N) is 1. The van der Waals surface area contributed by atoms with Crippen molar-refractivity contribution >= 4 is 5.69 Å². The molecule has 3 rings (SSSR count). The van der Waals surface area contributed by atoms with Gasteiger partial charge in [-0.05, 0) is 25.3 Å². The maximum atomic E-state index is 8.97. The molecule has 0 saturated carbocycles. The van der Waals surface area contributed by atoms with Crippen molar-refractivity contribution in [3.63, 3.8) is 0 Å². The lowest BCUT2D eigenvalue weighted by molar-refractivity contribution is 0.0813. The van der Waals surface area contributed by atoms with Gasteiger partial charge in [0.2, 0.25) is 0 Å². The lowest BCUT2D eigenvalue weighted by atomic mass is 9.82. The number of ether oxygens (including phenoxy) is 1. The maximum absolute atomic E-state index is 8.97. The molecular weight excluding hydrogens is 214 g/mol. The molecule has 1 aromatic rings. The normalized spacial score (nSPS) is 30.5. The third kappa shape index (κ3) is 1.94. The summed E-state index contributed by atoms with van der Waals surface area (Å²) in [5, 5.41) is 12.6. The van der Waals surface area contributed by atoms with Crippen LogP contribution < -0.4 is 5.32 Å². The number of hydrogen-bond donors (Lipinski definition) is 2. The average molecular weight is 233 g/mol. The highest BCUT2D eigenvalue weighted by Gasteiger charge is 2.39. The molecule has 3 nitrogen and oxygen atoms in total. The fourth-order valence-electron chi connectivity index (χ4n) is 3.12. The van der Waals surface area contributed by atoms with Gasteiger partial charge in [-0.15, -0.1) is 0 Å². The second kappa shape index (κ2) is 4.67. The minimum atomic E-state index is 0.260. The van der Waals surface area contributed by atoms with Gasteiger partial charge in [-0.1, -0.05) is 18.2 Å². The molecule has 3 heteroatoms. The van der Waals surface area contributed by atoms with Gasteiger partial charge in [-0.3, -0.25) is 0 Å². The molecule has 17 heavy (non-hydrogen) atoms. The van der Waals surface area contributed by atoms with E-state index in [2.05, 4.69) is 29.6 Å². The van der Waals surface area contributed by atoms with Crippen LogP contribution in [0, 0.1) is 5.92 Å². The quantitative estimate of drug-likeness (QED) is 0.842. The van der Waals surface area contributed by atoms with E-state index >= 15 is 0 Å². The third-order valence-electron chi connectivity index (χ3n) is 3.94. The van der Waals surface area contributed by atoms with E-state index in [0.717, 1.165) is 25.9 Å². The molecule has 2 N–H and O–H groups in total. The van der Waals surface area contributed by atoms with E-state index in [4.69, 9.17) is 9.84 Å². The summed E-state index contributed by atoms with van der Waals surface area (Å²) < 4.78 is 5.89. The van der Waals surface area contributed by atoms with Crippen molar-refractivity contribution in [3.05, 3.63) is 29.8 Å². The van der Waals surface area contributed by atoms with Crippen LogP contribution in [0.5, 0.6) is 0 Å². The highest BCUT2D eigenvalue weighted by atomic mass is 16.5. The first kappa shape index (κ1) is 11.1. The van der Waals surface area contributed by atoms with Gasteiger partial charge >= 0.3 is 0 Å². The number of aliphatic hydroxyl groups excluding tert-OH is 1. The average Bonchev–Trinajstić information content (AvgIpc) is 2.85. The monoisotopic (exact) mass is 233 g/mol. The van der Waals surface area contributed by atoms with Crippen LogP contribution in [0.1, 0.15) is 30.9 Å². The van der Waals surface area contributed by atoms with Gasteiger partial charge in [-0.2, -0.15) is 0 Å². The van der Waals surface area contributed by atoms with Crippen LogP contribution in [0.25, 0.3) is 0 Å². The number of para-hydroxylation sites is 1. The van der Waals surface area contributed by atoms with Crippen LogP contribution in [0.15, 0.2) is 24.3 Å². The predicted molar refractivity (Wildman–Crippen MR) is 67.0 cm³/mol. The minimum absolute atomic E-state index is 0.260. The lowest BCUT2D eigenvalue weighted by Gasteiger charge is -2.36. The van der Waals surface area contributed by atoms with Gasteiger partial charge in [0.25, 0.3) is 0 Å². The third-order valence-corrected chi connectivity index (χ3v) is 3.94. The Bertz CT molecular complexity index is 394. The second-order valence-corrected chi connectivity index (χ2v) is 4.95. The zero-order valence-electron chi connectivity index (χ0n) is 9.93. The first-order valence-corrected chi connectivity index (χ1v) is 6.48. The van der Waals surface area contributed by atoms with Gasteiger partial charge < -0.3 is 15.2 Å². The van der Waals surface area contributed by atoms with Crippen molar-refractivity contribution in [1.82, 2.24) is 0 Å². The molecule has 1 saturated heterocycles. The molecule has 1 unspecified atom stereocenters. The predicted octanol–water partition coefficient (Wildman–Crippen LogP) is 2.33. The van der Waals surface area contributed by atoms with Crippen LogP contribution in [-0.4, -0.2) is 24.4 Å². The number of benzene rings is 1. The summed E-state index contributed by atoms with van der Waals surface area (Å²) in [5.41, 5.74) is 2.51. The van der Waals surface area contributed by atoms with Crippen LogP contribution >= 0.6 is 0 Å². The SMILES string of the molecule is OCCCC1Nc2ccccc2[C@@H]2OCC[C@H]12. The van der Waals surface area contributed by atoms with Crippen LogP contribution in [0.3, 0.4) is 0 Å². The molecule has 0 bridgehead atoms. The van der Waals surface area contributed by atoms with Crippen LogP contribution in [0.2, 0.25) is 0 Å². The molecule has 0 radical (unpaired) electrons. The topological polar surface area (TPSA) is 41.5 Å². The van der Waals surface area contributed by atoms with E-state index in [0.29, 0.717) is 12.0 Å². The molecule has 2 heterocycles. The van der Waals surface area contributed by atoms with Crippen LogP contribution in [-0.2, 0) is 4.74 Å². The van der Waals surface area contributed by atoms with Crippen molar-refractivity contribution < 1.29 is 9.84 Å². The number of hydrogen-bond acceptors (Lipinski definition) is 3. The fraction of sp³-hybridized carbons (Fsp3) is 0.571. The molecule has 2 aliphatic heterocycles. The van der Waals surface area contributed by atoms with E-state index in [1.165, 1.54) is 11.3 Å². The Morgan fingerprint density at radius 2 is 2.24 bits per heavy atom. The molecule has 0 aliphatic carbocycles. The van der Waals surface area contributed by atoms with Gasteiger partial charge in [0, 0.05) is 36.4 Å². The Morgan fingerprint density at radius 3 is 3.12 bits per heavy atom. The molecule has 0 spiro atoms. The first-order chi connectivity index (χ1) is 8.40. The summed E-state index contributed by atoms with van der Waals surface area (Å²) in [6.07, 6.45) is 3.27. The minimum Gasteiger partial charge on any atom is -0.396 e. The summed E-state index contributed by atoms with van der Waals surface area (Å²) in [7, 11) is 0. The molecule has 1 fully saturated rings. The largest absolute Gasteiger partial charge is 0.396 e. The van der Waals surface area contributed by atoms with Crippen molar-refractivity contribution in [3.8, 4) is 0 Å². The number of fused-ring (bicyclic) bond motifs is 3. The Kier molecular flexibility index (Phi) is 3.04. The standard InChI is InChI=1S/C14H19NO2/c16-8-3-6-13-11-7-9-17-14(11)10-4-1-2-5-12(10)15-13/h1-2,4-5,11,13-16H,3,6-9H2/t11-,13?,14+/m1/s1. The van der Waals surface area contributed by atoms with Gasteiger partial charge in [0.05, 0.1) is 6.10 Å². The zero-order chi connectivity index (χ0) is 11.7. The van der Waals surface area contributed by atoms with E-state index in [1.807, 2.05) is 0 Å². The summed E-state index contributed by atoms with van der Waals surface area (Å²) in [4.78, 5) is 0. The van der Waals surface area contributed by atoms with E-state index in [1.54, 1.807) is 0 Å². The molecule has 0 aromatic heterocycles. The van der Waals surface area contributed by atoms with Gasteiger partial charge in [0.15, 0.2) is 0 Å². The summed E-state index contributed by atoms with van der Waals surface area (Å²) >= 11 is 0. The van der Waals surface area contributed by atoms with Crippen molar-refractivity contribution in [2.24, 2.45) is 5.92 Å². The molecule has 2 aliphatic rings. The molecule has 3 atom stereocenters. The fourth-order valence-corrected chi connectivity index (χ4v) is 3.12. The van der Waals surface area contributed by atoms with E-state index in [9.17, 15) is 0 Å². The highest BCUT2D eigenvalue weighted by Crippen LogP contribution is 2.45. The van der Waals surface area contributed by atoms with Crippen molar-refractivity contribution in [1.29, 1.82) is 0 Å². The zero-order valence-corrected chi connectivity index (χ0v) is 9.93. The summed E-state index contributed by atoms with van der Waals surface area (Å²) in [6.45, 7) is 1.14. The second-order valence-electron chi connectivity index (χ2n) is 4.95. The maximum Gasteiger partial charge on any atom is 0.0893 e. The number of anilines is 1. The molecule has 92 valence electrons. The number of rotatable bonds is 3. The molecule has 0 amide bonds. The Hall–Kier alpha value is -1.06. The van der Waals surface area contributed by atoms with Crippen molar-refractivity contribution in [2.75, 3.05) is 18.5 Å². The smallest absolute Gasteiger partial charge is 0.0893 e. The van der Waals surface area contributed by atoms with Crippen molar-refractivity contribution in [2.45, 2.75) is 31.4 Å². The molecular formula is C14H19NO2. The first-order valence-electron chi connectivity index (χ1n) is 6.48. The Labute approximate surface area is 102 Å². The lowest BCUT2D eigenvalue weighted by Crippen LogP contribution is -2.36. The summed E-state index contributed by atoms with van der Waals surface area (Å²) in [6, 6.07) is 8.87. The van der Waals surface area contributed by atoms with Gasteiger partial charge in [-0.25, -0.2) is 0 Å². The summed E-state index contributed by atoms with van der Waals surface area (Å²) in [5.74, 6) is 0.566. The molecule has 1 aromatic carbocycles. The Morgan fingerprint density at radius 1 is 1.35 bits per heavy atom.